The van der Waals surface area contributed by atoms with Crippen LogP contribution in [0.5, 0.6) is 0 Å². The van der Waals surface area contributed by atoms with Crippen LogP contribution in [0.25, 0.3) is 0 Å². The van der Waals surface area contributed by atoms with Crippen LogP contribution in [0.2, 0.25) is 0 Å². The number of anilines is 1. The topological polar surface area (TPSA) is 75.5 Å². The Hall–Kier alpha value is -1.69. The Morgan fingerprint density at radius 1 is 1.56 bits per heavy atom. The van der Waals surface area contributed by atoms with E-state index in [1.807, 2.05) is 4.90 Å². The number of esters is 1. The van der Waals surface area contributed by atoms with E-state index in [9.17, 15) is 9.90 Å². The van der Waals surface area contributed by atoms with Gasteiger partial charge in [0.1, 0.15) is 5.82 Å². The summed E-state index contributed by atoms with van der Waals surface area (Å²) in [6, 6.07) is 0. The van der Waals surface area contributed by atoms with E-state index in [2.05, 4.69) is 14.7 Å². The monoisotopic (exact) mass is 223 g/mol. The average molecular weight is 223 g/mol. The molecule has 0 aliphatic carbocycles. The van der Waals surface area contributed by atoms with Crippen LogP contribution < -0.4 is 4.90 Å². The van der Waals surface area contributed by atoms with Gasteiger partial charge < -0.3 is 14.7 Å². The van der Waals surface area contributed by atoms with Crippen LogP contribution in [0.1, 0.15) is 17.4 Å². The Kier molecular flexibility index (Phi) is 2.51. The first-order valence-electron chi connectivity index (χ1n) is 4.89. The second-order valence-electron chi connectivity index (χ2n) is 4.11. The molecule has 1 fully saturated rings. The van der Waals surface area contributed by atoms with Crippen molar-refractivity contribution in [3.05, 3.63) is 18.1 Å². The van der Waals surface area contributed by atoms with Crippen molar-refractivity contribution in [3.63, 3.8) is 0 Å². The number of β-amino-alcohol motifs (C(OH)–C–C–N with tert-alkyl or cyclic N) is 1. The summed E-state index contributed by atoms with van der Waals surface area (Å²) in [5, 5.41) is 9.59. The number of rotatable bonds is 2. The van der Waals surface area contributed by atoms with Crippen molar-refractivity contribution < 1.29 is 14.6 Å². The van der Waals surface area contributed by atoms with Crippen molar-refractivity contribution in [2.75, 3.05) is 25.1 Å². The molecule has 6 nitrogen and oxygen atoms in total. The Labute approximate surface area is 92.9 Å². The third-order valence-corrected chi connectivity index (χ3v) is 2.40. The highest BCUT2D eigenvalue weighted by atomic mass is 16.5. The van der Waals surface area contributed by atoms with E-state index < -0.39 is 11.6 Å². The van der Waals surface area contributed by atoms with Gasteiger partial charge in [-0.05, 0) is 6.92 Å². The van der Waals surface area contributed by atoms with Crippen LogP contribution in [0, 0.1) is 0 Å². The fourth-order valence-corrected chi connectivity index (χ4v) is 1.65. The summed E-state index contributed by atoms with van der Waals surface area (Å²) in [6.07, 6.45) is 2.91. The molecule has 0 radical (unpaired) electrons. The maximum atomic E-state index is 11.2. The average Bonchev–Trinajstić information content (AvgIpc) is 2.25. The van der Waals surface area contributed by atoms with Crippen LogP contribution in [0.4, 0.5) is 5.82 Å². The van der Waals surface area contributed by atoms with Crippen molar-refractivity contribution in [3.8, 4) is 0 Å². The van der Waals surface area contributed by atoms with Gasteiger partial charge in [-0.25, -0.2) is 9.78 Å². The van der Waals surface area contributed by atoms with Crippen LogP contribution >= 0.6 is 0 Å². The zero-order chi connectivity index (χ0) is 11.8. The fourth-order valence-electron chi connectivity index (χ4n) is 1.65. The lowest BCUT2D eigenvalue weighted by Crippen LogP contribution is -2.60. The molecule has 0 bridgehead atoms. The Morgan fingerprint density at radius 2 is 2.25 bits per heavy atom. The lowest BCUT2D eigenvalue weighted by atomic mass is 9.97. The van der Waals surface area contributed by atoms with Crippen LogP contribution in [-0.2, 0) is 4.74 Å². The van der Waals surface area contributed by atoms with Crippen LogP contribution in [0.15, 0.2) is 12.4 Å². The number of ether oxygens (including phenoxy) is 1. The SMILES string of the molecule is COC(=O)c1cncc(N2CC(C)(O)C2)n1. The second-order valence-corrected chi connectivity index (χ2v) is 4.11. The summed E-state index contributed by atoms with van der Waals surface area (Å²) in [4.78, 5) is 21.1. The molecule has 0 unspecified atom stereocenters. The van der Waals surface area contributed by atoms with Gasteiger partial charge in [0.25, 0.3) is 0 Å². The van der Waals surface area contributed by atoms with Crippen molar-refractivity contribution in [1.82, 2.24) is 9.97 Å². The molecule has 2 rings (SSSR count). The van der Waals surface area contributed by atoms with E-state index in [-0.39, 0.29) is 5.69 Å². The maximum Gasteiger partial charge on any atom is 0.358 e. The van der Waals surface area contributed by atoms with Gasteiger partial charge in [-0.2, -0.15) is 0 Å². The Bertz CT molecular complexity index is 412. The first-order chi connectivity index (χ1) is 7.52. The van der Waals surface area contributed by atoms with E-state index in [1.165, 1.54) is 13.3 Å². The lowest BCUT2D eigenvalue weighted by molar-refractivity contribution is 0.0304. The molecule has 2 heterocycles. The van der Waals surface area contributed by atoms with Gasteiger partial charge in [0.15, 0.2) is 5.69 Å². The minimum Gasteiger partial charge on any atom is -0.464 e. The smallest absolute Gasteiger partial charge is 0.358 e. The molecule has 1 aliphatic heterocycles. The summed E-state index contributed by atoms with van der Waals surface area (Å²) in [5.41, 5.74) is -0.505. The first kappa shape index (κ1) is 10.8. The van der Waals surface area contributed by atoms with E-state index in [0.717, 1.165) is 0 Å². The number of carbonyl (C=O) groups is 1. The zero-order valence-electron chi connectivity index (χ0n) is 9.17. The molecule has 1 aliphatic rings. The molecule has 1 aromatic rings. The van der Waals surface area contributed by atoms with Gasteiger partial charge in [0.05, 0.1) is 25.1 Å². The van der Waals surface area contributed by atoms with Gasteiger partial charge in [-0.1, -0.05) is 0 Å². The number of hydrogen-bond acceptors (Lipinski definition) is 6. The van der Waals surface area contributed by atoms with Crippen LogP contribution in [-0.4, -0.2) is 46.8 Å². The van der Waals surface area contributed by atoms with Crippen molar-refractivity contribution in [2.24, 2.45) is 0 Å². The zero-order valence-corrected chi connectivity index (χ0v) is 9.17. The summed E-state index contributed by atoms with van der Waals surface area (Å²) in [5.74, 6) is 0.0658. The minimum atomic E-state index is -0.678. The van der Waals surface area contributed by atoms with Gasteiger partial charge >= 0.3 is 5.97 Å². The number of aromatic nitrogens is 2. The molecule has 16 heavy (non-hydrogen) atoms. The molecule has 1 saturated heterocycles. The number of carbonyl (C=O) groups excluding carboxylic acids is 1. The van der Waals surface area contributed by atoms with Crippen LogP contribution in [0.3, 0.4) is 0 Å². The molecule has 0 spiro atoms. The third-order valence-electron chi connectivity index (χ3n) is 2.40. The van der Waals surface area contributed by atoms with E-state index in [1.54, 1.807) is 13.1 Å². The van der Waals surface area contributed by atoms with Gasteiger partial charge in [0, 0.05) is 13.1 Å². The Balaban J connectivity index is 2.15. The summed E-state index contributed by atoms with van der Waals surface area (Å²) < 4.78 is 4.55. The standard InChI is InChI=1S/C10H13N3O3/c1-10(15)5-13(6-10)8-4-11-3-7(12-8)9(14)16-2/h3-4,15H,5-6H2,1-2H3. The highest BCUT2D eigenvalue weighted by Gasteiger charge is 2.37. The highest BCUT2D eigenvalue weighted by molar-refractivity contribution is 5.87. The van der Waals surface area contributed by atoms with Crippen molar-refractivity contribution in [2.45, 2.75) is 12.5 Å². The molecule has 0 saturated carbocycles. The quantitative estimate of drug-likeness (QED) is 0.702. The highest BCUT2D eigenvalue weighted by Crippen LogP contribution is 2.24. The molecule has 1 aromatic heterocycles. The molecule has 86 valence electrons. The molecular weight excluding hydrogens is 210 g/mol. The molecule has 1 N–H and O–H groups in total. The summed E-state index contributed by atoms with van der Waals surface area (Å²) >= 11 is 0. The second kappa shape index (κ2) is 3.71. The predicted molar refractivity (Wildman–Crippen MR) is 56.2 cm³/mol. The largest absolute Gasteiger partial charge is 0.464 e. The minimum absolute atomic E-state index is 0.173. The van der Waals surface area contributed by atoms with Gasteiger partial charge in [0.2, 0.25) is 0 Å². The normalized spacial score (nSPS) is 17.8. The number of nitrogens with zero attached hydrogens (tertiary/aromatic N) is 3. The predicted octanol–water partition coefficient (Wildman–Crippen LogP) is -0.166. The maximum absolute atomic E-state index is 11.2. The third kappa shape index (κ3) is 1.96. The number of aliphatic hydroxyl groups is 1. The van der Waals surface area contributed by atoms with Crippen molar-refractivity contribution in [1.29, 1.82) is 0 Å². The van der Waals surface area contributed by atoms with Gasteiger partial charge in [-0.15, -0.1) is 0 Å². The van der Waals surface area contributed by atoms with Gasteiger partial charge in [-0.3, -0.25) is 4.98 Å². The molecule has 0 atom stereocenters. The Morgan fingerprint density at radius 3 is 2.81 bits per heavy atom. The van der Waals surface area contributed by atoms with E-state index >= 15 is 0 Å². The number of hydrogen-bond donors (Lipinski definition) is 1. The fraction of sp³-hybridized carbons (Fsp3) is 0.500. The lowest BCUT2D eigenvalue weighted by Gasteiger charge is -2.44. The van der Waals surface area contributed by atoms with E-state index in [4.69, 9.17) is 0 Å². The summed E-state index contributed by atoms with van der Waals surface area (Å²) in [6.45, 7) is 2.74. The molecule has 0 aromatic carbocycles. The molecular formula is C10H13N3O3. The first-order valence-corrected chi connectivity index (χ1v) is 4.89. The molecule has 6 heteroatoms. The summed E-state index contributed by atoms with van der Waals surface area (Å²) in [7, 11) is 1.30. The van der Waals surface area contributed by atoms with E-state index in [0.29, 0.717) is 18.9 Å². The van der Waals surface area contributed by atoms with Crippen molar-refractivity contribution >= 4 is 11.8 Å². The molecule has 0 amide bonds. The number of methoxy groups -OCH3 is 1.